The molecule has 1 saturated heterocycles. The molecule has 0 bridgehead atoms. The molecule has 1 aromatic rings. The smallest absolute Gasteiger partial charge is 0.253 e. The Hall–Kier alpha value is -1.54. The number of benzene rings is 1. The van der Waals surface area contributed by atoms with Crippen molar-refractivity contribution in [3.63, 3.8) is 0 Å². The fourth-order valence-electron chi connectivity index (χ4n) is 2.57. The van der Waals surface area contributed by atoms with Crippen LogP contribution in [0.4, 0.5) is 14.5 Å². The Bertz CT molecular complexity index is 674. The molecule has 2 fully saturated rings. The van der Waals surface area contributed by atoms with Crippen molar-refractivity contribution in [1.82, 2.24) is 5.32 Å². The number of ether oxygens (including phenoxy) is 1. The molecule has 2 N–H and O–H groups in total. The lowest BCUT2D eigenvalue weighted by Crippen LogP contribution is -2.31. The minimum absolute atomic E-state index is 0.0384. The highest BCUT2D eigenvalue weighted by Gasteiger charge is 2.29. The summed E-state index contributed by atoms with van der Waals surface area (Å²) < 4.78 is 32.5. The molecule has 1 saturated carbocycles. The van der Waals surface area contributed by atoms with Crippen LogP contribution in [0.5, 0.6) is 0 Å². The van der Waals surface area contributed by atoms with E-state index in [1.54, 1.807) is 0 Å². The number of hydrogen-bond acceptors (Lipinski definition) is 3. The van der Waals surface area contributed by atoms with Gasteiger partial charge < -0.3 is 15.4 Å². The van der Waals surface area contributed by atoms with Crippen molar-refractivity contribution in [2.24, 2.45) is 5.92 Å². The summed E-state index contributed by atoms with van der Waals surface area (Å²) in [5.41, 5.74) is -0.128. The van der Waals surface area contributed by atoms with Crippen molar-refractivity contribution in [3.05, 3.63) is 27.7 Å². The molecule has 5 nitrogen and oxygen atoms in total. The average molecular weight is 403 g/mol. The van der Waals surface area contributed by atoms with E-state index >= 15 is 0 Å². The zero-order chi connectivity index (χ0) is 17.3. The van der Waals surface area contributed by atoms with Gasteiger partial charge in [0.2, 0.25) is 5.91 Å². The normalized spacial score (nSPS) is 18.3. The van der Waals surface area contributed by atoms with Gasteiger partial charge in [0.1, 0.15) is 0 Å². The summed E-state index contributed by atoms with van der Waals surface area (Å²) in [5, 5.41) is 5.30. The van der Waals surface area contributed by atoms with Crippen LogP contribution < -0.4 is 10.6 Å². The van der Waals surface area contributed by atoms with Gasteiger partial charge in [-0.1, -0.05) is 0 Å². The first-order chi connectivity index (χ1) is 11.5. The van der Waals surface area contributed by atoms with Gasteiger partial charge in [-0.25, -0.2) is 8.78 Å². The van der Waals surface area contributed by atoms with Crippen molar-refractivity contribution < 1.29 is 23.1 Å². The second-order valence-corrected chi connectivity index (χ2v) is 6.83. The van der Waals surface area contributed by atoms with Crippen LogP contribution in [0, 0.1) is 17.6 Å². The maximum Gasteiger partial charge on any atom is 0.253 e. The fraction of sp³-hybridized carbons (Fsp3) is 0.500. The molecule has 0 radical (unpaired) electrons. The van der Waals surface area contributed by atoms with Gasteiger partial charge in [-0.05, 0) is 47.7 Å². The second-order valence-electron chi connectivity index (χ2n) is 6.03. The molecule has 1 heterocycles. The number of halogens is 3. The van der Waals surface area contributed by atoms with Crippen LogP contribution in [-0.2, 0) is 9.53 Å². The fourth-order valence-corrected chi connectivity index (χ4v) is 3.07. The van der Waals surface area contributed by atoms with Gasteiger partial charge in [0.25, 0.3) is 5.91 Å². The first kappa shape index (κ1) is 17.3. The third kappa shape index (κ3) is 3.75. The molecular formula is C16H17BrF2N2O3. The van der Waals surface area contributed by atoms with Crippen LogP contribution in [0.1, 0.15) is 36.0 Å². The molecule has 8 heteroatoms. The Labute approximate surface area is 146 Å². The highest BCUT2D eigenvalue weighted by Crippen LogP contribution is 2.33. The van der Waals surface area contributed by atoms with Crippen molar-refractivity contribution >= 4 is 33.4 Å². The monoisotopic (exact) mass is 402 g/mol. The molecular weight excluding hydrogens is 386 g/mol. The Morgan fingerprint density at radius 1 is 1.17 bits per heavy atom. The zero-order valence-corrected chi connectivity index (χ0v) is 14.4. The molecule has 1 aliphatic carbocycles. The van der Waals surface area contributed by atoms with Gasteiger partial charge in [-0.15, -0.1) is 0 Å². The molecule has 1 aromatic carbocycles. The lowest BCUT2D eigenvalue weighted by molar-refractivity contribution is -0.122. The quantitative estimate of drug-likeness (QED) is 0.760. The van der Waals surface area contributed by atoms with Crippen LogP contribution in [-0.4, -0.2) is 31.1 Å². The van der Waals surface area contributed by atoms with Crippen molar-refractivity contribution in [2.45, 2.75) is 31.7 Å². The molecule has 3 rings (SSSR count). The SMILES string of the molecule is O=C(NC1CC1)c1cc(F)c(F)c(Br)c1NC(=O)C1CCOCC1. The number of carbonyl (C=O) groups excluding carboxylic acids is 2. The molecule has 2 aliphatic rings. The van der Waals surface area contributed by atoms with E-state index in [1.165, 1.54) is 0 Å². The maximum atomic E-state index is 13.9. The number of rotatable bonds is 4. The molecule has 2 amide bonds. The Morgan fingerprint density at radius 3 is 2.46 bits per heavy atom. The zero-order valence-electron chi connectivity index (χ0n) is 12.8. The van der Waals surface area contributed by atoms with Crippen molar-refractivity contribution in [1.29, 1.82) is 0 Å². The third-order valence-corrected chi connectivity index (χ3v) is 4.90. The van der Waals surface area contributed by atoms with E-state index in [-0.39, 0.29) is 33.6 Å². The van der Waals surface area contributed by atoms with E-state index in [0.717, 1.165) is 18.9 Å². The predicted octanol–water partition coefficient (Wildman–Crippen LogP) is 2.98. The number of nitrogens with one attached hydrogen (secondary N) is 2. The Morgan fingerprint density at radius 2 is 1.83 bits per heavy atom. The van der Waals surface area contributed by atoms with Crippen molar-refractivity contribution in [3.8, 4) is 0 Å². The van der Waals surface area contributed by atoms with Gasteiger partial charge in [0, 0.05) is 25.2 Å². The van der Waals surface area contributed by atoms with Gasteiger partial charge in [0.15, 0.2) is 11.6 Å². The van der Waals surface area contributed by atoms with Crippen LogP contribution >= 0.6 is 15.9 Å². The minimum atomic E-state index is -1.15. The molecule has 0 aromatic heterocycles. The largest absolute Gasteiger partial charge is 0.381 e. The molecule has 0 unspecified atom stereocenters. The maximum absolute atomic E-state index is 13.9. The highest BCUT2D eigenvalue weighted by atomic mass is 79.9. The first-order valence-electron chi connectivity index (χ1n) is 7.84. The standard InChI is InChI=1S/C16H17BrF2N2O3/c17-12-13(19)11(18)7-10(16(23)20-9-1-2-9)14(12)21-15(22)8-3-5-24-6-4-8/h7-9H,1-6H2,(H,20,23)(H,21,22). The van der Waals surface area contributed by atoms with Crippen molar-refractivity contribution in [2.75, 3.05) is 18.5 Å². The second kappa shape index (κ2) is 7.14. The summed E-state index contributed by atoms with van der Waals surface area (Å²) >= 11 is 2.95. The summed E-state index contributed by atoms with van der Waals surface area (Å²) in [4.78, 5) is 24.7. The lowest BCUT2D eigenvalue weighted by Gasteiger charge is -2.22. The minimum Gasteiger partial charge on any atom is -0.381 e. The molecule has 0 spiro atoms. The van der Waals surface area contributed by atoms with E-state index in [2.05, 4.69) is 26.6 Å². The Kier molecular flexibility index (Phi) is 5.15. The number of hydrogen-bond donors (Lipinski definition) is 2. The first-order valence-corrected chi connectivity index (χ1v) is 8.63. The van der Waals surface area contributed by atoms with Gasteiger partial charge in [-0.3, -0.25) is 9.59 Å². The van der Waals surface area contributed by atoms with E-state index in [0.29, 0.717) is 26.1 Å². The van der Waals surface area contributed by atoms with Gasteiger partial charge in [-0.2, -0.15) is 0 Å². The Balaban J connectivity index is 1.87. The summed E-state index contributed by atoms with van der Waals surface area (Å²) in [6.07, 6.45) is 2.83. The van der Waals surface area contributed by atoms with E-state index in [9.17, 15) is 18.4 Å². The number of anilines is 1. The summed E-state index contributed by atoms with van der Waals surface area (Å²) in [7, 11) is 0. The van der Waals surface area contributed by atoms with E-state index in [4.69, 9.17) is 4.74 Å². The summed E-state index contributed by atoms with van der Waals surface area (Å²) in [5.74, 6) is -3.42. The average Bonchev–Trinajstić information content (AvgIpc) is 3.39. The molecule has 130 valence electrons. The van der Waals surface area contributed by atoms with Gasteiger partial charge >= 0.3 is 0 Å². The van der Waals surface area contributed by atoms with Crippen LogP contribution in [0.3, 0.4) is 0 Å². The third-order valence-electron chi connectivity index (χ3n) is 4.16. The highest BCUT2D eigenvalue weighted by molar-refractivity contribution is 9.10. The summed E-state index contributed by atoms with van der Waals surface area (Å²) in [6, 6.07) is 0.876. The molecule has 0 atom stereocenters. The topological polar surface area (TPSA) is 67.4 Å². The lowest BCUT2D eigenvalue weighted by atomic mass is 9.99. The van der Waals surface area contributed by atoms with Crippen LogP contribution in [0.25, 0.3) is 0 Å². The molecule has 24 heavy (non-hydrogen) atoms. The predicted molar refractivity (Wildman–Crippen MR) is 86.7 cm³/mol. The van der Waals surface area contributed by atoms with E-state index < -0.39 is 17.5 Å². The van der Waals surface area contributed by atoms with Crippen LogP contribution in [0.15, 0.2) is 10.5 Å². The molecule has 1 aliphatic heterocycles. The number of amides is 2. The van der Waals surface area contributed by atoms with Crippen LogP contribution in [0.2, 0.25) is 0 Å². The number of carbonyl (C=O) groups is 2. The summed E-state index contributed by atoms with van der Waals surface area (Å²) in [6.45, 7) is 0.956. The van der Waals surface area contributed by atoms with Gasteiger partial charge in [0.05, 0.1) is 15.7 Å². The van der Waals surface area contributed by atoms with E-state index in [1.807, 2.05) is 0 Å².